The van der Waals surface area contributed by atoms with Crippen LogP contribution in [0, 0.1) is 22.9 Å². The monoisotopic (exact) mass is 1080 g/mol. The molecule has 2 aliphatic heterocycles. The molecule has 2 aromatic heterocycles. The normalized spacial score (nSPS) is 14.5. The Morgan fingerprint density at radius 2 is 0.791 bits per heavy atom. The molecule has 0 bridgehead atoms. The Labute approximate surface area is 419 Å². The highest BCUT2D eigenvalue weighted by atomic mass is 79.9. The molecule has 0 aliphatic carbocycles. The zero-order valence-electron chi connectivity index (χ0n) is 41.6. The van der Waals surface area contributed by atoms with Gasteiger partial charge < -0.3 is 0 Å². The minimum absolute atomic E-state index is 0.132. The lowest BCUT2D eigenvalue weighted by Gasteiger charge is -2.38. The van der Waals surface area contributed by atoms with Crippen molar-refractivity contribution in [1.29, 1.82) is 0 Å². The van der Waals surface area contributed by atoms with E-state index < -0.39 is 39.8 Å². The molecule has 0 N–H and O–H groups in total. The fraction of sp³-hybridized carbons (Fsp3) is 0.538. The van der Waals surface area contributed by atoms with Crippen molar-refractivity contribution in [3.8, 4) is 22.9 Å². The standard InChI is InChI=1S/C52H64Br2N6O4SSi2/c1-15-17-19-23-59-49(61)37-35-36-38(42(54)41(37)53)50(62)60(24-20-18-16-2)52(64)40(36)48-47(39(35)51(59)63)55-43-33(21-25-66(27(3)4,28(5)6)29(7)8)45-46(58-65-57-45)34(44(43)56-48)22-26-67(30(9)10,31(11)12)32(13)14/h27-32H,15-20,23-24H2,1-14H3. The molecule has 0 saturated heterocycles. The van der Waals surface area contributed by atoms with E-state index >= 15 is 9.59 Å². The van der Waals surface area contributed by atoms with Crippen LogP contribution in [0.3, 0.4) is 0 Å². The minimum Gasteiger partial charge on any atom is -0.274 e. The number of unbranched alkanes of at least 4 members (excludes halogenated alkanes) is 4. The van der Waals surface area contributed by atoms with Crippen LogP contribution < -0.4 is 0 Å². The molecular weight excluding hydrogens is 1020 g/mol. The summed E-state index contributed by atoms with van der Waals surface area (Å²) in [5, 5.41) is 0.462. The second-order valence-electron chi connectivity index (χ2n) is 20.4. The van der Waals surface area contributed by atoms with E-state index in [0.29, 0.717) is 88.2 Å². The van der Waals surface area contributed by atoms with Gasteiger partial charge in [-0.15, -0.1) is 11.1 Å². The summed E-state index contributed by atoms with van der Waals surface area (Å²) >= 11 is 8.51. The molecule has 15 heteroatoms. The Morgan fingerprint density at radius 3 is 1.09 bits per heavy atom. The molecule has 0 atom stereocenters. The van der Waals surface area contributed by atoms with Gasteiger partial charge in [-0.3, -0.25) is 29.0 Å². The summed E-state index contributed by atoms with van der Waals surface area (Å²) in [4.78, 5) is 73.6. The van der Waals surface area contributed by atoms with Gasteiger partial charge in [-0.2, -0.15) is 8.75 Å². The summed E-state index contributed by atoms with van der Waals surface area (Å²) in [7, 11) is -4.67. The van der Waals surface area contributed by atoms with Crippen LogP contribution in [-0.4, -0.2) is 81.4 Å². The van der Waals surface area contributed by atoms with Crippen LogP contribution in [0.25, 0.3) is 43.9 Å². The van der Waals surface area contributed by atoms with Crippen LogP contribution in [-0.2, 0) is 0 Å². The molecule has 4 heterocycles. The van der Waals surface area contributed by atoms with Gasteiger partial charge in [0.1, 0.15) is 49.2 Å². The van der Waals surface area contributed by atoms with Gasteiger partial charge >= 0.3 is 0 Å². The zero-order chi connectivity index (χ0) is 49.2. The number of benzene rings is 3. The first-order valence-corrected chi connectivity index (χ1v) is 31.0. The molecule has 0 spiro atoms. The van der Waals surface area contributed by atoms with Gasteiger partial charge in [-0.25, -0.2) is 9.97 Å². The maximum Gasteiger partial charge on any atom is 0.263 e. The Kier molecular flexibility index (Phi) is 14.8. The summed E-state index contributed by atoms with van der Waals surface area (Å²) in [5.74, 6) is 5.30. The lowest BCUT2D eigenvalue weighted by Crippen LogP contribution is -2.44. The molecule has 0 unspecified atom stereocenters. The largest absolute Gasteiger partial charge is 0.274 e. The number of aromatic nitrogens is 4. The van der Waals surface area contributed by atoms with Crippen molar-refractivity contribution >= 4 is 127 Å². The lowest BCUT2D eigenvalue weighted by molar-refractivity contribution is 0.0587. The highest BCUT2D eigenvalue weighted by Crippen LogP contribution is 2.50. The highest BCUT2D eigenvalue weighted by molar-refractivity contribution is 9.13. The van der Waals surface area contributed by atoms with Crippen molar-refractivity contribution in [2.75, 3.05) is 13.1 Å². The Hall–Kier alpha value is -3.87. The van der Waals surface area contributed by atoms with Gasteiger partial charge in [0.05, 0.1) is 45.1 Å². The highest BCUT2D eigenvalue weighted by Gasteiger charge is 2.47. The SMILES string of the molecule is CCCCCN1C(=O)c2c(Br)c(Br)c3c4c(c5nc6c(C#C[Si](C(C)C)(C(C)C)C(C)C)c7nsnc7c(C#C[Si](C(C)C)(C(C)C)C(C)C)c6nc5c(c24)C1=O)C(=O)N(CCCCC)C3=O. The third kappa shape index (κ3) is 7.95. The van der Waals surface area contributed by atoms with E-state index in [1.807, 2.05) is 0 Å². The third-order valence-electron chi connectivity index (χ3n) is 15.0. The number of halogens is 2. The van der Waals surface area contributed by atoms with Crippen molar-refractivity contribution in [3.63, 3.8) is 0 Å². The van der Waals surface area contributed by atoms with E-state index in [-0.39, 0.29) is 57.1 Å². The van der Waals surface area contributed by atoms with Gasteiger partial charge in [0.25, 0.3) is 23.6 Å². The summed E-state index contributed by atoms with van der Waals surface area (Å²) in [6, 6.07) is 0. The van der Waals surface area contributed by atoms with E-state index in [9.17, 15) is 9.59 Å². The van der Waals surface area contributed by atoms with Crippen LogP contribution in [0.2, 0.25) is 33.2 Å². The topological polar surface area (TPSA) is 126 Å². The lowest BCUT2D eigenvalue weighted by atomic mass is 9.84. The average Bonchev–Trinajstić information content (AvgIpc) is 3.74. The van der Waals surface area contributed by atoms with Crippen LogP contribution in [0.4, 0.5) is 0 Å². The third-order valence-corrected chi connectivity index (χ3v) is 30.3. The Morgan fingerprint density at radius 1 is 0.478 bits per heavy atom. The first kappa shape index (κ1) is 51.0. The molecule has 354 valence electrons. The van der Waals surface area contributed by atoms with Crippen LogP contribution in [0.1, 0.15) is 188 Å². The quantitative estimate of drug-likeness (QED) is 0.0354. The van der Waals surface area contributed by atoms with E-state index in [0.717, 1.165) is 37.4 Å². The number of amides is 4. The number of nitrogens with zero attached hydrogens (tertiary/aromatic N) is 6. The Balaban J connectivity index is 1.76. The maximum atomic E-state index is 15.3. The minimum atomic E-state index is -2.34. The summed E-state index contributed by atoms with van der Waals surface area (Å²) < 4.78 is 10.5. The number of hydrogen-bond acceptors (Lipinski definition) is 9. The van der Waals surface area contributed by atoms with Gasteiger partial charge in [-0.1, -0.05) is 134 Å². The zero-order valence-corrected chi connectivity index (χ0v) is 47.6. The van der Waals surface area contributed by atoms with Gasteiger partial charge in [-0.05, 0) is 77.9 Å². The van der Waals surface area contributed by atoms with Crippen LogP contribution >= 0.6 is 43.6 Å². The number of imide groups is 2. The summed E-state index contributed by atoms with van der Waals surface area (Å²) in [5.41, 5.74) is 14.0. The molecule has 5 aromatic rings. The maximum absolute atomic E-state index is 15.3. The van der Waals surface area contributed by atoms with E-state index in [1.165, 1.54) is 9.80 Å². The van der Waals surface area contributed by atoms with E-state index in [4.69, 9.17) is 18.7 Å². The predicted octanol–water partition coefficient (Wildman–Crippen LogP) is 14.2. The summed E-state index contributed by atoms with van der Waals surface area (Å²) in [6.07, 6.45) is 4.63. The van der Waals surface area contributed by atoms with E-state index in [1.54, 1.807) is 0 Å². The predicted molar refractivity (Wildman–Crippen MR) is 287 cm³/mol. The summed E-state index contributed by atoms with van der Waals surface area (Å²) in [6.45, 7) is 31.8. The molecule has 0 fully saturated rings. The molecule has 0 saturated carbocycles. The van der Waals surface area contributed by atoms with Crippen molar-refractivity contribution in [1.82, 2.24) is 28.5 Å². The molecule has 2 aliphatic rings. The van der Waals surface area contributed by atoms with E-state index in [2.05, 4.69) is 152 Å². The van der Waals surface area contributed by atoms with Gasteiger partial charge in [0, 0.05) is 32.8 Å². The van der Waals surface area contributed by atoms with Crippen molar-refractivity contribution in [3.05, 3.63) is 42.3 Å². The van der Waals surface area contributed by atoms with Crippen LogP contribution in [0.15, 0.2) is 8.95 Å². The second-order valence-corrected chi connectivity index (χ2v) is 33.7. The molecule has 7 rings (SSSR count). The Bertz CT molecular complexity index is 2790. The molecule has 10 nitrogen and oxygen atoms in total. The fourth-order valence-electron chi connectivity index (χ4n) is 11.7. The van der Waals surface area contributed by atoms with Gasteiger partial charge in [0.2, 0.25) is 0 Å². The smallest absolute Gasteiger partial charge is 0.263 e. The molecule has 67 heavy (non-hydrogen) atoms. The molecule has 0 radical (unpaired) electrons. The first-order valence-electron chi connectivity index (χ1n) is 24.3. The van der Waals surface area contributed by atoms with Gasteiger partial charge in [0.15, 0.2) is 0 Å². The number of carbonyl (C=O) groups is 4. The fourth-order valence-corrected chi connectivity index (χ4v) is 23.8. The van der Waals surface area contributed by atoms with Crippen LogP contribution in [0.5, 0.6) is 0 Å². The van der Waals surface area contributed by atoms with Crippen molar-refractivity contribution < 1.29 is 19.2 Å². The first-order chi connectivity index (χ1) is 31.7. The molecule has 3 aromatic carbocycles. The van der Waals surface area contributed by atoms with Crippen molar-refractivity contribution in [2.45, 2.75) is 169 Å². The average molecular weight is 1090 g/mol. The number of fused-ring (bicyclic) bond motifs is 5. The second kappa shape index (κ2) is 19.5. The number of hydrogen-bond donors (Lipinski definition) is 0. The van der Waals surface area contributed by atoms with Crippen molar-refractivity contribution in [2.24, 2.45) is 0 Å². The number of rotatable bonds is 14. The molecule has 4 amide bonds. The molecular formula is C52H64Br2N6O4SSi2. The number of carbonyl (C=O) groups excluding carboxylic acids is 4.